The smallest absolute Gasteiger partial charge is 0.253 e. The van der Waals surface area contributed by atoms with Crippen LogP contribution in [0.25, 0.3) is 11.4 Å². The third kappa shape index (κ3) is 2.88. The van der Waals surface area contributed by atoms with Gasteiger partial charge in [-0.3, -0.25) is 0 Å². The molecule has 7 nitrogen and oxygen atoms in total. The molecular weight excluding hydrogens is 280 g/mol. The second-order valence-electron chi connectivity index (χ2n) is 5.27. The fraction of sp³-hybridized carbons (Fsp3) is 0.400. The van der Waals surface area contributed by atoms with Crippen LogP contribution in [0.15, 0.2) is 28.8 Å². The molecule has 0 fully saturated rings. The topological polar surface area (TPSA) is 82.5 Å². The van der Waals surface area contributed by atoms with Gasteiger partial charge in [-0.1, -0.05) is 41.9 Å². The van der Waals surface area contributed by atoms with Crippen molar-refractivity contribution in [3.8, 4) is 11.4 Å². The molecule has 7 heteroatoms. The minimum Gasteiger partial charge on any atom is -0.337 e. The summed E-state index contributed by atoms with van der Waals surface area (Å²) < 4.78 is 5.27. The second-order valence-corrected chi connectivity index (χ2v) is 5.27. The van der Waals surface area contributed by atoms with E-state index < -0.39 is 0 Å². The second kappa shape index (κ2) is 6.05. The van der Waals surface area contributed by atoms with E-state index in [0.717, 1.165) is 18.4 Å². The predicted octanol–water partition coefficient (Wildman–Crippen LogP) is 2.59. The molecule has 22 heavy (non-hydrogen) atoms. The first-order chi connectivity index (χ1) is 10.7. The van der Waals surface area contributed by atoms with Gasteiger partial charge in [-0.2, -0.15) is 9.78 Å². The summed E-state index contributed by atoms with van der Waals surface area (Å²) in [5.41, 5.74) is 2.13. The van der Waals surface area contributed by atoms with Gasteiger partial charge in [0.15, 0.2) is 5.82 Å². The minimum absolute atomic E-state index is 0.246. The number of nitrogens with zero attached hydrogens (tertiary/aromatic N) is 6. The molecule has 0 bridgehead atoms. The lowest BCUT2D eigenvalue weighted by atomic mass is 10.1. The van der Waals surface area contributed by atoms with Crippen LogP contribution in [-0.4, -0.2) is 30.3 Å². The molecule has 1 atom stereocenters. The maximum absolute atomic E-state index is 5.27. The van der Waals surface area contributed by atoms with Crippen LogP contribution in [0.5, 0.6) is 0 Å². The maximum Gasteiger partial charge on any atom is 0.253 e. The van der Waals surface area contributed by atoms with Crippen molar-refractivity contribution in [3.05, 3.63) is 41.5 Å². The van der Waals surface area contributed by atoms with Gasteiger partial charge in [0.1, 0.15) is 6.04 Å². The van der Waals surface area contributed by atoms with E-state index in [2.05, 4.69) is 32.5 Å². The van der Waals surface area contributed by atoms with Crippen LogP contribution in [0.4, 0.5) is 0 Å². The Morgan fingerprint density at radius 1 is 1.23 bits per heavy atom. The molecule has 0 spiro atoms. The average molecular weight is 298 g/mol. The zero-order valence-electron chi connectivity index (χ0n) is 12.9. The highest BCUT2D eigenvalue weighted by atomic mass is 16.5. The van der Waals surface area contributed by atoms with Gasteiger partial charge in [-0.25, -0.2) is 0 Å². The van der Waals surface area contributed by atoms with Gasteiger partial charge >= 0.3 is 0 Å². The third-order valence-electron chi connectivity index (χ3n) is 3.40. The first-order valence-electron chi connectivity index (χ1n) is 7.36. The Morgan fingerprint density at radius 2 is 2.00 bits per heavy atom. The van der Waals surface area contributed by atoms with E-state index in [9.17, 15) is 0 Å². The number of hydrogen-bond acceptors (Lipinski definition) is 6. The van der Waals surface area contributed by atoms with E-state index >= 15 is 0 Å². The van der Waals surface area contributed by atoms with Crippen molar-refractivity contribution >= 4 is 0 Å². The Hall–Kier alpha value is -2.57. The Bertz CT molecular complexity index is 745. The molecule has 0 aliphatic rings. The van der Waals surface area contributed by atoms with E-state index in [4.69, 9.17) is 4.52 Å². The molecule has 0 aliphatic heterocycles. The van der Waals surface area contributed by atoms with Crippen LogP contribution in [-0.2, 0) is 6.42 Å². The third-order valence-corrected chi connectivity index (χ3v) is 3.40. The largest absolute Gasteiger partial charge is 0.337 e. The minimum atomic E-state index is -0.246. The lowest BCUT2D eigenvalue weighted by Crippen LogP contribution is -2.11. The van der Waals surface area contributed by atoms with Gasteiger partial charge in [0.25, 0.3) is 5.89 Å². The van der Waals surface area contributed by atoms with E-state index in [0.29, 0.717) is 17.5 Å². The van der Waals surface area contributed by atoms with Crippen LogP contribution in [0.3, 0.4) is 0 Å². The summed E-state index contributed by atoms with van der Waals surface area (Å²) in [5, 5.41) is 16.6. The average Bonchev–Trinajstić information content (AvgIpc) is 3.17. The first-order valence-corrected chi connectivity index (χ1v) is 7.36. The Balaban J connectivity index is 1.81. The SMILES string of the molecule is CCCc1noc(C(C)n2nnc(-c3ccc(C)cc3)n2)n1. The zero-order chi connectivity index (χ0) is 15.5. The van der Waals surface area contributed by atoms with Gasteiger partial charge in [-0.15, -0.1) is 10.2 Å². The van der Waals surface area contributed by atoms with Crippen molar-refractivity contribution in [2.75, 3.05) is 0 Å². The molecular formula is C15H18N6O. The first kappa shape index (κ1) is 14.4. The molecule has 2 heterocycles. The molecule has 0 N–H and O–H groups in total. The molecule has 1 unspecified atom stereocenters. The maximum atomic E-state index is 5.27. The van der Waals surface area contributed by atoms with Crippen LogP contribution < -0.4 is 0 Å². The van der Waals surface area contributed by atoms with Crippen molar-refractivity contribution in [3.63, 3.8) is 0 Å². The lowest BCUT2D eigenvalue weighted by molar-refractivity contribution is 0.318. The highest BCUT2D eigenvalue weighted by molar-refractivity contribution is 5.54. The van der Waals surface area contributed by atoms with Gasteiger partial charge in [0.05, 0.1) is 0 Å². The summed E-state index contributed by atoms with van der Waals surface area (Å²) in [6.07, 6.45) is 1.78. The number of aromatic nitrogens is 6. The number of rotatable bonds is 5. The van der Waals surface area contributed by atoms with Gasteiger partial charge in [0, 0.05) is 12.0 Å². The standard InChI is InChI=1S/C15H18N6O/c1-4-5-13-16-15(22-19-13)11(3)21-18-14(17-20-21)12-8-6-10(2)7-9-12/h6-9,11H,4-5H2,1-3H3. The van der Waals surface area contributed by atoms with Crippen LogP contribution in [0.2, 0.25) is 0 Å². The van der Waals surface area contributed by atoms with Crippen LogP contribution in [0, 0.1) is 6.92 Å². The molecule has 0 amide bonds. The monoisotopic (exact) mass is 298 g/mol. The number of hydrogen-bond donors (Lipinski definition) is 0. The van der Waals surface area contributed by atoms with E-state index in [1.165, 1.54) is 10.4 Å². The van der Waals surface area contributed by atoms with Crippen molar-refractivity contribution in [1.29, 1.82) is 0 Å². The normalized spacial score (nSPS) is 12.5. The summed E-state index contributed by atoms with van der Waals surface area (Å²) in [6.45, 7) is 6.02. The Morgan fingerprint density at radius 3 is 2.73 bits per heavy atom. The van der Waals surface area contributed by atoms with E-state index in [1.807, 2.05) is 38.1 Å². The molecule has 0 saturated carbocycles. The zero-order valence-corrected chi connectivity index (χ0v) is 12.9. The predicted molar refractivity (Wildman–Crippen MR) is 80.1 cm³/mol. The lowest BCUT2D eigenvalue weighted by Gasteiger charge is -2.02. The highest BCUT2D eigenvalue weighted by Crippen LogP contribution is 2.18. The summed E-state index contributed by atoms with van der Waals surface area (Å²) >= 11 is 0. The van der Waals surface area contributed by atoms with Crippen molar-refractivity contribution in [2.45, 2.75) is 39.7 Å². The molecule has 3 aromatic rings. The molecule has 3 rings (SSSR count). The van der Waals surface area contributed by atoms with Crippen molar-refractivity contribution in [2.24, 2.45) is 0 Å². The Labute approximate surface area is 128 Å². The van der Waals surface area contributed by atoms with E-state index in [1.54, 1.807) is 0 Å². The highest BCUT2D eigenvalue weighted by Gasteiger charge is 2.19. The number of aryl methyl sites for hydroxylation is 2. The number of tetrazole rings is 1. The summed E-state index contributed by atoms with van der Waals surface area (Å²) in [4.78, 5) is 5.86. The summed E-state index contributed by atoms with van der Waals surface area (Å²) in [5.74, 6) is 1.79. The molecule has 0 radical (unpaired) electrons. The quantitative estimate of drug-likeness (QED) is 0.720. The van der Waals surface area contributed by atoms with Gasteiger partial charge in [0.2, 0.25) is 5.82 Å². The van der Waals surface area contributed by atoms with Crippen LogP contribution in [0.1, 0.15) is 43.6 Å². The molecule has 0 saturated heterocycles. The van der Waals surface area contributed by atoms with E-state index in [-0.39, 0.29) is 6.04 Å². The van der Waals surface area contributed by atoms with Gasteiger partial charge < -0.3 is 4.52 Å². The van der Waals surface area contributed by atoms with Gasteiger partial charge in [-0.05, 0) is 25.5 Å². The van der Waals surface area contributed by atoms with Crippen LogP contribution >= 0.6 is 0 Å². The molecule has 2 aromatic heterocycles. The Kier molecular flexibility index (Phi) is 3.95. The summed E-state index contributed by atoms with van der Waals surface area (Å²) in [6, 6.07) is 7.76. The fourth-order valence-electron chi connectivity index (χ4n) is 2.07. The molecule has 0 aliphatic carbocycles. The summed E-state index contributed by atoms with van der Waals surface area (Å²) in [7, 11) is 0. The van der Waals surface area contributed by atoms with Crippen molar-refractivity contribution < 1.29 is 4.52 Å². The molecule has 1 aromatic carbocycles. The number of benzene rings is 1. The molecule has 114 valence electrons. The fourth-order valence-corrected chi connectivity index (χ4v) is 2.07. The van der Waals surface area contributed by atoms with Crippen molar-refractivity contribution in [1.82, 2.24) is 30.3 Å².